The van der Waals surface area contributed by atoms with E-state index in [1.54, 1.807) is 6.07 Å². The Morgan fingerprint density at radius 1 is 0.519 bits per heavy atom. The second kappa shape index (κ2) is 33.5. The smallest absolute Gasteiger partial charge is 0.502 e. The van der Waals surface area contributed by atoms with Gasteiger partial charge < -0.3 is 105 Å². The molecule has 0 amide bonds. The molecule has 4 aromatic carbocycles. The molecule has 5 rings (SSSR count). The molecular formula is C27H37FeN4O22. The maximum atomic E-state index is 11.2. The fourth-order valence-electron chi connectivity index (χ4n) is 4.00. The van der Waals surface area contributed by atoms with E-state index in [2.05, 4.69) is 18.2 Å². The van der Waals surface area contributed by atoms with Gasteiger partial charge in [0, 0.05) is 23.4 Å². The molecule has 19 N–H and O–H groups in total. The van der Waals surface area contributed by atoms with Gasteiger partial charge >= 0.3 is 22.8 Å². The molecule has 54 heavy (non-hydrogen) atoms. The van der Waals surface area contributed by atoms with E-state index < -0.39 is 20.2 Å². The van der Waals surface area contributed by atoms with Crippen LogP contribution in [0.15, 0.2) is 101 Å². The van der Waals surface area contributed by atoms with Crippen molar-refractivity contribution in [3.63, 3.8) is 0 Å². The maximum Gasteiger partial charge on any atom is 3.00 e. The molecule has 0 saturated carbocycles. The summed E-state index contributed by atoms with van der Waals surface area (Å²) in [5.74, 6) is 0.552. The first-order valence-corrected chi connectivity index (χ1v) is 11.9. The Hall–Kier alpha value is -6.62. The van der Waals surface area contributed by atoms with Crippen molar-refractivity contribution in [3.05, 3.63) is 164 Å². The number of benzene rings is 4. The molecule has 5 aromatic rings. The third-order valence-electron chi connectivity index (χ3n) is 5.55. The van der Waals surface area contributed by atoms with Crippen LogP contribution in [0, 0.1) is 56.1 Å². The number of nitro benzene ring substituents is 1. The quantitative estimate of drug-likeness (QED) is 0.124. The number of hydrogen-bond acceptors (Lipinski definition) is 13. The number of hydrogen-bond donors (Lipinski definition) is 1. The molecule has 0 saturated heterocycles. The summed E-state index contributed by atoms with van der Waals surface area (Å²) in [5.41, 5.74) is 5.26. The Morgan fingerprint density at radius 2 is 0.907 bits per heavy atom. The molecule has 0 fully saturated rings. The number of nitrogens with zero attached hydrogens (tertiary/aromatic N) is 4. The van der Waals surface area contributed by atoms with Crippen LogP contribution in [-0.2, 0) is 23.5 Å². The normalized spacial score (nSPS) is 7.85. The Labute approximate surface area is 311 Å². The van der Waals surface area contributed by atoms with Crippen molar-refractivity contribution in [3.8, 4) is 28.0 Å². The van der Waals surface area contributed by atoms with Crippen molar-refractivity contribution >= 4 is 16.7 Å². The maximum absolute atomic E-state index is 11.2. The first-order valence-electron chi connectivity index (χ1n) is 11.9. The van der Waals surface area contributed by atoms with Gasteiger partial charge in [-0.25, -0.2) is 0 Å². The van der Waals surface area contributed by atoms with Crippen LogP contribution in [-0.4, -0.2) is 74.6 Å². The predicted octanol–water partition coefficient (Wildman–Crippen LogP) is -1.17. The van der Waals surface area contributed by atoms with E-state index in [1.807, 2.05) is 60.7 Å². The van der Waals surface area contributed by atoms with Gasteiger partial charge in [-0.1, -0.05) is 78.9 Å². The topological polar surface area (TPSA) is 559 Å². The van der Waals surface area contributed by atoms with E-state index >= 15 is 0 Å². The number of fused-ring (bicyclic) bond motifs is 1. The minimum Gasteiger partial charge on any atom is -0.502 e. The summed E-state index contributed by atoms with van der Waals surface area (Å²) in [4.78, 5) is 35.3. The second-order valence-electron chi connectivity index (χ2n) is 8.27. The van der Waals surface area contributed by atoms with Crippen molar-refractivity contribution in [1.82, 2.24) is 0 Å². The summed E-state index contributed by atoms with van der Waals surface area (Å²) in [6, 6.07) is 30.4. The average Bonchev–Trinajstić information content (AvgIpc) is 3.30. The van der Waals surface area contributed by atoms with E-state index in [0.717, 1.165) is 33.4 Å². The monoisotopic (exact) mass is 825 g/mol. The summed E-state index contributed by atoms with van der Waals surface area (Å²) in [7, 11) is 0. The van der Waals surface area contributed by atoms with Crippen molar-refractivity contribution in [2.75, 3.05) is 0 Å². The van der Waals surface area contributed by atoms with Crippen molar-refractivity contribution in [2.45, 2.75) is 6.42 Å². The predicted molar refractivity (Wildman–Crippen MR) is 188 cm³/mol. The van der Waals surface area contributed by atoms with Crippen molar-refractivity contribution in [2.24, 2.45) is 0 Å². The van der Waals surface area contributed by atoms with Crippen molar-refractivity contribution in [1.29, 1.82) is 0 Å². The Balaban J connectivity index is -0.000000117. The molecule has 0 bridgehead atoms. The standard InChI is InChI=1S/C27H19NO4.Fe.3NO3.9H2O/c29-24-15-14-21(17-23(24)28(30)31)19-10-12-20(13-11-19)27-22-8-4-5-9-25(22)32-26(27)16-18-6-2-1-3-7-18;;3*2-1(3)4;;;;;;;;;/h1-15,17,29H,16H2;;;;;9*1H2/q;+3;3*-1;;;;;;;;;. The molecule has 0 aliphatic rings. The zero-order valence-electron chi connectivity index (χ0n) is 26.9. The van der Waals surface area contributed by atoms with Gasteiger partial charge in [0.25, 0.3) is 0 Å². The molecule has 0 spiro atoms. The van der Waals surface area contributed by atoms with Gasteiger partial charge in [-0.2, -0.15) is 0 Å². The molecular weight excluding hydrogens is 788 g/mol. The Morgan fingerprint density at radius 3 is 1.35 bits per heavy atom. The first-order chi connectivity index (χ1) is 20.8. The SMILES string of the molecule is O.O.O.O.O.O.O.O.O.O=[N+]([O-])[O-].O=[N+]([O-])[O-].O=[N+]([O-])[O-].O=[N+]([O-])c1cc(-c2ccc(-c3c(Cc4ccccc4)oc4ccccc34)cc2)ccc1O.[Fe+3]. The number of nitro groups is 1. The van der Waals surface area contributed by atoms with Gasteiger partial charge in [-0.3, -0.25) is 10.1 Å². The summed E-state index contributed by atoms with van der Waals surface area (Å²) < 4.78 is 6.22. The molecule has 0 unspecified atom stereocenters. The van der Waals surface area contributed by atoms with Gasteiger partial charge in [-0.15, -0.1) is 0 Å². The molecule has 26 nitrogen and oxygen atoms in total. The number of para-hydroxylation sites is 1. The van der Waals surface area contributed by atoms with Crippen molar-refractivity contribution < 1.29 is 96.1 Å². The summed E-state index contributed by atoms with van der Waals surface area (Å²) in [5, 5.41) is 66.2. The molecule has 1 radical (unpaired) electrons. The zero-order chi connectivity index (χ0) is 32.8. The fraction of sp³-hybridized carbons (Fsp3) is 0.0370. The largest absolute Gasteiger partial charge is 3.00 e. The van der Waals surface area contributed by atoms with Gasteiger partial charge in [0.2, 0.25) is 0 Å². The van der Waals surface area contributed by atoms with Crippen LogP contribution >= 0.6 is 0 Å². The molecule has 0 aliphatic carbocycles. The van der Waals surface area contributed by atoms with E-state index in [-0.39, 0.29) is 77.8 Å². The molecule has 0 atom stereocenters. The third-order valence-corrected chi connectivity index (χ3v) is 5.55. The zero-order valence-corrected chi connectivity index (χ0v) is 28.0. The van der Waals surface area contributed by atoms with Gasteiger partial charge in [0.05, 0.1) is 20.2 Å². The Bertz CT molecular complexity index is 1720. The number of furan rings is 1. The number of aromatic hydroxyl groups is 1. The molecule has 305 valence electrons. The summed E-state index contributed by atoms with van der Waals surface area (Å²) in [6.07, 6.45) is 0.677. The first kappa shape index (κ1) is 69.2. The van der Waals surface area contributed by atoms with Crippen LogP contribution in [0.1, 0.15) is 11.3 Å². The van der Waals surface area contributed by atoms with Gasteiger partial charge in [-0.05, 0) is 34.4 Å². The number of rotatable bonds is 5. The average molecular weight is 825 g/mol. The van der Waals surface area contributed by atoms with Gasteiger partial charge in [0.1, 0.15) is 11.3 Å². The van der Waals surface area contributed by atoms with E-state index in [0.29, 0.717) is 12.0 Å². The minimum absolute atomic E-state index is 0. The number of phenols is 1. The molecule has 0 aliphatic heterocycles. The fourth-order valence-corrected chi connectivity index (χ4v) is 4.00. The van der Waals surface area contributed by atoms with Crippen LogP contribution in [0.4, 0.5) is 5.69 Å². The Kier molecular flexibility index (Phi) is 42.9. The summed E-state index contributed by atoms with van der Waals surface area (Å²) >= 11 is 0. The summed E-state index contributed by atoms with van der Waals surface area (Å²) in [6.45, 7) is 0. The van der Waals surface area contributed by atoms with Crippen LogP contribution < -0.4 is 0 Å². The van der Waals surface area contributed by atoms with Crippen LogP contribution in [0.3, 0.4) is 0 Å². The molecule has 1 aromatic heterocycles. The van der Waals surface area contributed by atoms with Crippen LogP contribution in [0.5, 0.6) is 5.75 Å². The second-order valence-corrected chi connectivity index (χ2v) is 8.27. The molecule has 1 heterocycles. The van der Waals surface area contributed by atoms with Crippen LogP contribution in [0.2, 0.25) is 0 Å². The third kappa shape index (κ3) is 22.2. The van der Waals surface area contributed by atoms with Gasteiger partial charge in [0.15, 0.2) is 5.75 Å². The van der Waals surface area contributed by atoms with E-state index in [4.69, 9.17) is 50.4 Å². The minimum atomic E-state index is -1.75. The number of phenolic OH excluding ortho intramolecular Hbond substituents is 1. The van der Waals surface area contributed by atoms with E-state index in [9.17, 15) is 15.2 Å². The van der Waals surface area contributed by atoms with Crippen LogP contribution in [0.25, 0.3) is 33.2 Å². The van der Waals surface area contributed by atoms with E-state index in [1.165, 1.54) is 17.7 Å². The molecule has 27 heteroatoms.